The zero-order valence-electron chi connectivity index (χ0n) is 14.4. The summed E-state index contributed by atoms with van der Waals surface area (Å²) in [5, 5.41) is 12.1. The Morgan fingerprint density at radius 3 is 2.13 bits per heavy atom. The van der Waals surface area contributed by atoms with Gasteiger partial charge in [0, 0.05) is 13.0 Å². The normalized spacial score (nSPS) is 10.3. The molecule has 0 unspecified atom stereocenters. The summed E-state index contributed by atoms with van der Waals surface area (Å²) >= 11 is 0. The maximum absolute atomic E-state index is 10.5. The molecule has 0 heterocycles. The standard InChI is InChI=1S/C19H31NO2.ClH/c1-2-3-4-5-6-7-8-15-20-16-18-11-9-17(10-12-18)13-14-19(21)22;/h9-12,20H,2-8,13-16H2,1H3,(H,21,22);1H. The molecule has 0 radical (unpaired) electrons. The Kier molecular flexibility index (Phi) is 13.9. The number of benzene rings is 1. The Labute approximate surface area is 147 Å². The molecular weight excluding hydrogens is 310 g/mol. The van der Waals surface area contributed by atoms with Gasteiger partial charge in [0.15, 0.2) is 0 Å². The van der Waals surface area contributed by atoms with E-state index in [2.05, 4.69) is 24.4 Å². The molecule has 0 aliphatic carbocycles. The van der Waals surface area contributed by atoms with Gasteiger partial charge in [0.1, 0.15) is 0 Å². The second-order valence-corrected chi connectivity index (χ2v) is 6.01. The van der Waals surface area contributed by atoms with Crippen LogP contribution in [0.15, 0.2) is 24.3 Å². The molecule has 0 bridgehead atoms. The van der Waals surface area contributed by atoms with Gasteiger partial charge in [-0.05, 0) is 30.5 Å². The van der Waals surface area contributed by atoms with Crippen LogP contribution in [0.1, 0.15) is 69.4 Å². The van der Waals surface area contributed by atoms with E-state index in [1.807, 2.05) is 12.1 Å². The van der Waals surface area contributed by atoms with E-state index in [0.717, 1.165) is 18.7 Å². The van der Waals surface area contributed by atoms with E-state index in [1.54, 1.807) is 0 Å². The summed E-state index contributed by atoms with van der Waals surface area (Å²) in [6.45, 7) is 4.23. The van der Waals surface area contributed by atoms with E-state index < -0.39 is 5.97 Å². The molecule has 23 heavy (non-hydrogen) atoms. The van der Waals surface area contributed by atoms with Gasteiger partial charge in [-0.1, -0.05) is 69.7 Å². The second-order valence-electron chi connectivity index (χ2n) is 6.01. The minimum absolute atomic E-state index is 0. The number of rotatable bonds is 13. The first-order valence-electron chi connectivity index (χ1n) is 8.72. The fourth-order valence-electron chi connectivity index (χ4n) is 2.51. The molecule has 2 N–H and O–H groups in total. The topological polar surface area (TPSA) is 49.3 Å². The van der Waals surface area contributed by atoms with Gasteiger partial charge in [-0.2, -0.15) is 0 Å². The predicted octanol–water partition coefficient (Wildman–Crippen LogP) is 4.97. The van der Waals surface area contributed by atoms with Crippen LogP contribution in [0.2, 0.25) is 0 Å². The maximum Gasteiger partial charge on any atom is 0.303 e. The molecule has 0 aromatic heterocycles. The molecule has 0 saturated carbocycles. The molecule has 0 atom stereocenters. The summed E-state index contributed by atoms with van der Waals surface area (Å²) < 4.78 is 0. The van der Waals surface area contributed by atoms with Crippen molar-refractivity contribution in [3.63, 3.8) is 0 Å². The van der Waals surface area contributed by atoms with Crippen molar-refractivity contribution in [3.8, 4) is 0 Å². The minimum Gasteiger partial charge on any atom is -0.481 e. The Balaban J connectivity index is 0.00000484. The number of nitrogens with one attached hydrogen (secondary N) is 1. The highest BCUT2D eigenvalue weighted by molar-refractivity contribution is 5.85. The van der Waals surface area contributed by atoms with Gasteiger partial charge in [0.25, 0.3) is 0 Å². The third-order valence-electron chi connectivity index (χ3n) is 3.94. The molecule has 132 valence electrons. The van der Waals surface area contributed by atoms with E-state index in [4.69, 9.17) is 5.11 Å². The van der Waals surface area contributed by atoms with E-state index in [0.29, 0.717) is 6.42 Å². The van der Waals surface area contributed by atoms with Crippen LogP contribution in [0.25, 0.3) is 0 Å². The fourth-order valence-corrected chi connectivity index (χ4v) is 2.51. The third kappa shape index (κ3) is 12.1. The Bertz CT molecular complexity index is 406. The summed E-state index contributed by atoms with van der Waals surface area (Å²) in [6, 6.07) is 8.26. The number of halogens is 1. The lowest BCUT2D eigenvalue weighted by Gasteiger charge is -2.06. The molecule has 0 spiro atoms. The van der Waals surface area contributed by atoms with Crippen LogP contribution in [0.3, 0.4) is 0 Å². The first-order valence-corrected chi connectivity index (χ1v) is 8.72. The molecule has 3 nitrogen and oxygen atoms in total. The molecule has 1 aromatic rings. The van der Waals surface area contributed by atoms with Crippen LogP contribution < -0.4 is 5.32 Å². The molecule has 4 heteroatoms. The van der Waals surface area contributed by atoms with Crippen molar-refractivity contribution in [1.82, 2.24) is 5.32 Å². The zero-order valence-corrected chi connectivity index (χ0v) is 15.2. The Hall–Kier alpha value is -1.06. The SMILES string of the molecule is CCCCCCCCCNCc1ccc(CCC(=O)O)cc1.Cl. The van der Waals surface area contributed by atoms with Crippen molar-refractivity contribution in [2.24, 2.45) is 0 Å². The van der Waals surface area contributed by atoms with Crippen LogP contribution >= 0.6 is 12.4 Å². The van der Waals surface area contributed by atoms with Gasteiger partial charge in [-0.25, -0.2) is 0 Å². The predicted molar refractivity (Wildman–Crippen MR) is 99.3 cm³/mol. The summed E-state index contributed by atoms with van der Waals surface area (Å²) in [7, 11) is 0. The highest BCUT2D eigenvalue weighted by atomic mass is 35.5. The van der Waals surface area contributed by atoms with Crippen molar-refractivity contribution < 1.29 is 9.90 Å². The number of aryl methyl sites for hydroxylation is 1. The Morgan fingerprint density at radius 2 is 1.52 bits per heavy atom. The molecule has 0 amide bonds. The van der Waals surface area contributed by atoms with Gasteiger partial charge >= 0.3 is 5.97 Å². The van der Waals surface area contributed by atoms with Gasteiger partial charge in [0.2, 0.25) is 0 Å². The molecule has 1 aromatic carbocycles. The number of carbonyl (C=O) groups is 1. The van der Waals surface area contributed by atoms with Crippen LogP contribution in [-0.4, -0.2) is 17.6 Å². The number of carboxylic acids is 1. The second kappa shape index (κ2) is 14.5. The van der Waals surface area contributed by atoms with Crippen molar-refractivity contribution in [2.75, 3.05) is 6.54 Å². The molecule has 0 fully saturated rings. The number of aliphatic carboxylic acids is 1. The van der Waals surface area contributed by atoms with Crippen molar-refractivity contribution >= 4 is 18.4 Å². The van der Waals surface area contributed by atoms with Gasteiger partial charge in [0.05, 0.1) is 0 Å². The van der Waals surface area contributed by atoms with E-state index in [1.165, 1.54) is 50.5 Å². The van der Waals surface area contributed by atoms with Gasteiger partial charge in [-0.3, -0.25) is 4.79 Å². The number of hydrogen-bond donors (Lipinski definition) is 2. The van der Waals surface area contributed by atoms with Crippen LogP contribution in [-0.2, 0) is 17.8 Å². The smallest absolute Gasteiger partial charge is 0.303 e. The lowest BCUT2D eigenvalue weighted by Crippen LogP contribution is -2.14. The van der Waals surface area contributed by atoms with Crippen molar-refractivity contribution in [2.45, 2.75) is 71.3 Å². The van der Waals surface area contributed by atoms with Crippen LogP contribution in [0.5, 0.6) is 0 Å². The first kappa shape index (κ1) is 21.9. The van der Waals surface area contributed by atoms with Crippen molar-refractivity contribution in [1.29, 1.82) is 0 Å². The fraction of sp³-hybridized carbons (Fsp3) is 0.632. The zero-order chi connectivity index (χ0) is 16.0. The first-order chi connectivity index (χ1) is 10.7. The van der Waals surface area contributed by atoms with Gasteiger partial charge in [-0.15, -0.1) is 12.4 Å². The van der Waals surface area contributed by atoms with Crippen molar-refractivity contribution in [3.05, 3.63) is 35.4 Å². The average Bonchev–Trinajstić information content (AvgIpc) is 2.52. The molecule has 0 aliphatic rings. The summed E-state index contributed by atoms with van der Waals surface area (Å²) in [4.78, 5) is 10.5. The molecule has 0 aliphatic heterocycles. The number of unbranched alkanes of at least 4 members (excludes halogenated alkanes) is 6. The monoisotopic (exact) mass is 341 g/mol. The molecular formula is C19H32ClNO2. The average molecular weight is 342 g/mol. The summed E-state index contributed by atoms with van der Waals surface area (Å²) in [5.41, 5.74) is 2.36. The van der Waals surface area contributed by atoms with E-state index in [9.17, 15) is 4.79 Å². The van der Waals surface area contributed by atoms with Gasteiger partial charge < -0.3 is 10.4 Å². The van der Waals surface area contributed by atoms with E-state index in [-0.39, 0.29) is 18.8 Å². The lowest BCUT2D eigenvalue weighted by molar-refractivity contribution is -0.136. The van der Waals surface area contributed by atoms with Crippen LogP contribution in [0, 0.1) is 0 Å². The lowest BCUT2D eigenvalue weighted by atomic mass is 10.1. The minimum atomic E-state index is -0.736. The summed E-state index contributed by atoms with van der Waals surface area (Å²) in [6.07, 6.45) is 10.2. The Morgan fingerprint density at radius 1 is 0.957 bits per heavy atom. The molecule has 1 rings (SSSR count). The summed E-state index contributed by atoms with van der Waals surface area (Å²) in [5.74, 6) is -0.736. The maximum atomic E-state index is 10.5. The third-order valence-corrected chi connectivity index (χ3v) is 3.94. The number of carboxylic acid groups (broad SMARTS) is 1. The van der Waals surface area contributed by atoms with Crippen LogP contribution in [0.4, 0.5) is 0 Å². The highest BCUT2D eigenvalue weighted by Gasteiger charge is 1.99. The molecule has 0 saturated heterocycles. The van der Waals surface area contributed by atoms with E-state index >= 15 is 0 Å². The highest BCUT2D eigenvalue weighted by Crippen LogP contribution is 2.08. The largest absolute Gasteiger partial charge is 0.481 e. The number of hydrogen-bond acceptors (Lipinski definition) is 2. The quantitative estimate of drug-likeness (QED) is 0.498.